The summed E-state index contributed by atoms with van der Waals surface area (Å²) < 4.78 is 41.8. The van der Waals surface area contributed by atoms with Gasteiger partial charge < -0.3 is 0 Å². The van der Waals surface area contributed by atoms with Crippen LogP contribution in [0.3, 0.4) is 0 Å². The lowest BCUT2D eigenvalue weighted by atomic mass is 9.83. The highest BCUT2D eigenvalue weighted by atomic mass is 19.2. The summed E-state index contributed by atoms with van der Waals surface area (Å²) in [6.45, 7) is 2.19. The van der Waals surface area contributed by atoms with Crippen LogP contribution in [0.2, 0.25) is 0 Å². The van der Waals surface area contributed by atoms with E-state index < -0.39 is 17.5 Å². The van der Waals surface area contributed by atoms with E-state index in [9.17, 15) is 13.2 Å². The molecule has 0 saturated carbocycles. The van der Waals surface area contributed by atoms with Crippen LogP contribution < -0.4 is 0 Å². The summed E-state index contributed by atoms with van der Waals surface area (Å²) in [5.74, 6) is -3.39. The lowest BCUT2D eigenvalue weighted by Crippen LogP contribution is -1.99. The minimum absolute atomic E-state index is 0.326. The minimum Gasteiger partial charge on any atom is -0.204 e. The van der Waals surface area contributed by atoms with Gasteiger partial charge in [-0.2, -0.15) is 0 Å². The molecule has 0 heterocycles. The Morgan fingerprint density at radius 3 is 1.73 bits per heavy atom. The number of rotatable bonds is 2. The molecular formula is C27H19F3. The number of allylic oxidation sites excluding steroid dienone is 4. The molecule has 0 amide bonds. The normalized spacial score (nSPS) is 16.3. The molecule has 1 atom stereocenters. The fourth-order valence-corrected chi connectivity index (χ4v) is 4.46. The molecule has 0 fully saturated rings. The molecule has 0 saturated heterocycles. The SMILES string of the molecule is CC1C=C(c2c3ccccc3c(-c3cc(F)c(F)c(F)c3)c3ccccc23)C=CC1. The Balaban J connectivity index is 1.95. The van der Waals surface area contributed by atoms with Crippen LogP contribution in [0.4, 0.5) is 13.2 Å². The predicted octanol–water partition coefficient (Wildman–Crippen LogP) is 8.06. The van der Waals surface area contributed by atoms with Gasteiger partial charge in [0.1, 0.15) is 0 Å². The van der Waals surface area contributed by atoms with E-state index >= 15 is 0 Å². The van der Waals surface area contributed by atoms with Gasteiger partial charge in [0.15, 0.2) is 17.5 Å². The number of benzene rings is 4. The van der Waals surface area contributed by atoms with E-state index in [0.717, 1.165) is 51.2 Å². The second-order valence-electron chi connectivity index (χ2n) is 7.83. The summed E-state index contributed by atoms with van der Waals surface area (Å²) in [6, 6.07) is 17.9. The molecule has 3 heteroatoms. The first kappa shape index (κ1) is 18.7. The molecule has 0 nitrogen and oxygen atoms in total. The Morgan fingerprint density at radius 1 is 0.733 bits per heavy atom. The van der Waals surface area contributed by atoms with Crippen LogP contribution >= 0.6 is 0 Å². The third-order valence-electron chi connectivity index (χ3n) is 5.76. The first-order valence-corrected chi connectivity index (χ1v) is 10.0. The Hall–Kier alpha value is -3.33. The van der Waals surface area contributed by atoms with Gasteiger partial charge in [-0.15, -0.1) is 0 Å². The van der Waals surface area contributed by atoms with Crippen molar-refractivity contribution in [3.05, 3.63) is 102 Å². The van der Waals surface area contributed by atoms with Crippen molar-refractivity contribution in [2.75, 3.05) is 0 Å². The maximum atomic E-state index is 14.1. The van der Waals surface area contributed by atoms with Crippen molar-refractivity contribution < 1.29 is 13.2 Å². The average molecular weight is 400 g/mol. The second kappa shape index (κ2) is 7.17. The van der Waals surface area contributed by atoms with Crippen LogP contribution in [-0.4, -0.2) is 0 Å². The lowest BCUT2D eigenvalue weighted by molar-refractivity contribution is 0.448. The third kappa shape index (κ3) is 2.93. The van der Waals surface area contributed by atoms with Crippen molar-refractivity contribution in [3.8, 4) is 11.1 Å². The fraction of sp³-hybridized carbons (Fsp3) is 0.111. The first-order valence-electron chi connectivity index (χ1n) is 10.0. The van der Waals surface area contributed by atoms with Crippen molar-refractivity contribution in [1.82, 2.24) is 0 Å². The molecule has 0 radical (unpaired) electrons. The maximum Gasteiger partial charge on any atom is 0.194 e. The van der Waals surface area contributed by atoms with Crippen LogP contribution in [-0.2, 0) is 0 Å². The summed E-state index contributed by atoms with van der Waals surface area (Å²) in [6.07, 6.45) is 7.60. The monoisotopic (exact) mass is 400 g/mol. The van der Waals surface area contributed by atoms with E-state index in [4.69, 9.17) is 0 Å². The quantitative estimate of drug-likeness (QED) is 0.236. The number of fused-ring (bicyclic) bond motifs is 2. The molecule has 0 bridgehead atoms. The summed E-state index contributed by atoms with van der Waals surface area (Å²) >= 11 is 0. The largest absolute Gasteiger partial charge is 0.204 e. The van der Waals surface area contributed by atoms with Gasteiger partial charge in [0.05, 0.1) is 0 Å². The zero-order chi connectivity index (χ0) is 20.8. The van der Waals surface area contributed by atoms with Crippen LogP contribution in [0.25, 0.3) is 38.2 Å². The highest BCUT2D eigenvalue weighted by Crippen LogP contribution is 2.43. The van der Waals surface area contributed by atoms with Gasteiger partial charge in [-0.25, -0.2) is 13.2 Å². The van der Waals surface area contributed by atoms with Gasteiger partial charge in [0.2, 0.25) is 0 Å². The summed E-state index contributed by atoms with van der Waals surface area (Å²) in [5.41, 5.74) is 3.28. The Labute approximate surface area is 173 Å². The second-order valence-corrected chi connectivity index (χ2v) is 7.83. The topological polar surface area (TPSA) is 0 Å². The molecule has 1 unspecified atom stereocenters. The van der Waals surface area contributed by atoms with Gasteiger partial charge >= 0.3 is 0 Å². The molecule has 0 spiro atoms. The van der Waals surface area contributed by atoms with E-state index in [2.05, 4.69) is 25.2 Å². The molecular weight excluding hydrogens is 381 g/mol. The molecule has 4 aromatic rings. The molecule has 30 heavy (non-hydrogen) atoms. The van der Waals surface area contributed by atoms with E-state index in [0.29, 0.717) is 17.0 Å². The van der Waals surface area contributed by atoms with Gasteiger partial charge in [0, 0.05) is 0 Å². The van der Waals surface area contributed by atoms with E-state index in [1.165, 1.54) is 0 Å². The maximum absolute atomic E-state index is 14.1. The minimum atomic E-state index is -1.45. The van der Waals surface area contributed by atoms with Crippen LogP contribution in [0, 0.1) is 23.4 Å². The van der Waals surface area contributed by atoms with Gasteiger partial charge in [0.25, 0.3) is 0 Å². The van der Waals surface area contributed by atoms with Crippen LogP contribution in [0.15, 0.2) is 78.9 Å². The number of hydrogen-bond donors (Lipinski definition) is 0. The molecule has 0 N–H and O–H groups in total. The van der Waals surface area contributed by atoms with E-state index in [1.54, 1.807) is 0 Å². The zero-order valence-corrected chi connectivity index (χ0v) is 16.4. The Morgan fingerprint density at radius 2 is 1.23 bits per heavy atom. The summed E-state index contributed by atoms with van der Waals surface area (Å²) in [4.78, 5) is 0. The Bertz CT molecular complexity index is 1280. The lowest BCUT2D eigenvalue weighted by Gasteiger charge is -2.20. The summed E-state index contributed by atoms with van der Waals surface area (Å²) in [5, 5.41) is 3.76. The number of halogens is 3. The van der Waals surface area contributed by atoms with Gasteiger partial charge in [-0.1, -0.05) is 73.7 Å². The Kier molecular flexibility index (Phi) is 4.47. The highest BCUT2D eigenvalue weighted by Gasteiger charge is 2.20. The standard InChI is InChI=1S/C27H19F3/c1-16-7-6-8-17(13-16)25-19-9-2-4-11-21(19)26(22-12-5-3-10-20(22)25)18-14-23(28)27(30)24(29)15-18/h2-6,8-16H,7H2,1H3. The predicted molar refractivity (Wildman–Crippen MR) is 118 cm³/mol. The molecule has 4 aromatic carbocycles. The average Bonchev–Trinajstić information content (AvgIpc) is 2.75. The van der Waals surface area contributed by atoms with Crippen LogP contribution in [0.5, 0.6) is 0 Å². The fourth-order valence-electron chi connectivity index (χ4n) is 4.46. The third-order valence-corrected chi connectivity index (χ3v) is 5.76. The van der Waals surface area contributed by atoms with Gasteiger partial charge in [-0.3, -0.25) is 0 Å². The number of hydrogen-bond acceptors (Lipinski definition) is 0. The van der Waals surface area contributed by atoms with Crippen molar-refractivity contribution in [1.29, 1.82) is 0 Å². The van der Waals surface area contributed by atoms with Gasteiger partial charge in [-0.05, 0) is 68.3 Å². The van der Waals surface area contributed by atoms with E-state index in [-0.39, 0.29) is 0 Å². The molecule has 1 aliphatic rings. The smallest absolute Gasteiger partial charge is 0.194 e. The van der Waals surface area contributed by atoms with E-state index in [1.807, 2.05) is 48.5 Å². The molecule has 5 rings (SSSR count). The van der Waals surface area contributed by atoms with Crippen molar-refractivity contribution in [2.24, 2.45) is 5.92 Å². The molecule has 0 aromatic heterocycles. The molecule has 0 aliphatic heterocycles. The first-order chi connectivity index (χ1) is 14.5. The molecule has 148 valence electrons. The van der Waals surface area contributed by atoms with Crippen molar-refractivity contribution >= 4 is 27.1 Å². The van der Waals surface area contributed by atoms with Crippen molar-refractivity contribution in [3.63, 3.8) is 0 Å². The highest BCUT2D eigenvalue weighted by molar-refractivity contribution is 6.19. The summed E-state index contributed by atoms with van der Waals surface area (Å²) in [7, 11) is 0. The van der Waals surface area contributed by atoms with Crippen molar-refractivity contribution in [2.45, 2.75) is 13.3 Å². The molecule has 1 aliphatic carbocycles. The zero-order valence-electron chi connectivity index (χ0n) is 16.4. The van der Waals surface area contributed by atoms with Crippen LogP contribution in [0.1, 0.15) is 18.9 Å².